The summed E-state index contributed by atoms with van der Waals surface area (Å²) >= 11 is 0. The van der Waals surface area contributed by atoms with Crippen LogP contribution in [0.2, 0.25) is 0 Å². The number of benzene rings is 2. The van der Waals surface area contributed by atoms with Gasteiger partial charge in [0.05, 0.1) is 10.5 Å². The first-order chi connectivity index (χ1) is 16.3. The third-order valence-corrected chi connectivity index (χ3v) is 8.12. The number of hydrogen-bond acceptors (Lipinski definition) is 4. The number of halogens is 2. The number of sulfonamides is 1. The van der Waals surface area contributed by atoms with Crippen molar-refractivity contribution < 1.29 is 26.8 Å². The molecule has 4 rings (SSSR count). The van der Waals surface area contributed by atoms with Crippen molar-refractivity contribution in [1.29, 1.82) is 0 Å². The highest BCUT2D eigenvalue weighted by Crippen LogP contribution is 2.32. The molecule has 2 heterocycles. The van der Waals surface area contributed by atoms with Crippen molar-refractivity contribution in [3.05, 3.63) is 59.2 Å². The van der Waals surface area contributed by atoms with Crippen molar-refractivity contribution in [2.24, 2.45) is 0 Å². The number of fused-ring (bicyclic) bond motifs is 1. The van der Waals surface area contributed by atoms with Gasteiger partial charge in [0.1, 0.15) is 11.6 Å². The molecule has 34 heavy (non-hydrogen) atoms. The van der Waals surface area contributed by atoms with Gasteiger partial charge in [-0.15, -0.1) is 0 Å². The van der Waals surface area contributed by atoms with E-state index in [-0.39, 0.29) is 29.3 Å². The number of rotatable bonds is 7. The summed E-state index contributed by atoms with van der Waals surface area (Å²) in [6.07, 6.45) is 3.86. The second kappa shape index (κ2) is 10.2. The number of carbonyl (C=O) groups excluding carboxylic acids is 2. The number of piperidine rings is 1. The molecule has 0 aromatic heterocycles. The number of nitrogens with zero attached hydrogens (tertiary/aromatic N) is 2. The molecular formula is C24H27F2N3O4S. The van der Waals surface area contributed by atoms with Crippen molar-refractivity contribution in [1.82, 2.24) is 9.62 Å². The molecule has 0 aliphatic carbocycles. The predicted octanol–water partition coefficient (Wildman–Crippen LogP) is 3.24. The molecule has 1 saturated heterocycles. The average Bonchev–Trinajstić information content (AvgIpc) is 3.25. The summed E-state index contributed by atoms with van der Waals surface area (Å²) in [6.45, 7) is 1.70. The van der Waals surface area contributed by atoms with E-state index in [1.54, 1.807) is 23.1 Å². The Labute approximate surface area is 197 Å². The highest BCUT2D eigenvalue weighted by Gasteiger charge is 2.30. The first-order valence-corrected chi connectivity index (χ1v) is 12.9. The molecule has 182 valence electrons. The molecule has 7 nitrogen and oxygen atoms in total. The summed E-state index contributed by atoms with van der Waals surface area (Å²) in [6, 6.07) is 7.65. The van der Waals surface area contributed by atoms with Gasteiger partial charge in [-0.05, 0) is 61.6 Å². The van der Waals surface area contributed by atoms with Gasteiger partial charge >= 0.3 is 0 Å². The molecule has 2 aromatic carbocycles. The monoisotopic (exact) mass is 491 g/mol. The Balaban J connectivity index is 1.32. The van der Waals surface area contributed by atoms with Gasteiger partial charge in [-0.1, -0.05) is 6.42 Å². The summed E-state index contributed by atoms with van der Waals surface area (Å²) in [5.74, 6) is -2.50. The van der Waals surface area contributed by atoms with E-state index in [4.69, 9.17) is 0 Å². The van der Waals surface area contributed by atoms with Gasteiger partial charge in [0.15, 0.2) is 0 Å². The average molecular weight is 492 g/mol. The van der Waals surface area contributed by atoms with Crippen LogP contribution in [0.3, 0.4) is 0 Å². The quantitative estimate of drug-likeness (QED) is 0.603. The summed E-state index contributed by atoms with van der Waals surface area (Å²) < 4.78 is 54.1. The van der Waals surface area contributed by atoms with Crippen molar-refractivity contribution in [2.45, 2.75) is 43.4 Å². The van der Waals surface area contributed by atoms with Gasteiger partial charge in [0.2, 0.25) is 15.9 Å². The first kappa shape index (κ1) is 24.3. The van der Waals surface area contributed by atoms with E-state index in [0.29, 0.717) is 44.2 Å². The third-order valence-electron chi connectivity index (χ3n) is 6.23. The molecule has 0 radical (unpaired) electrons. The molecule has 2 aliphatic rings. The van der Waals surface area contributed by atoms with Crippen LogP contribution in [0.4, 0.5) is 14.5 Å². The Morgan fingerprint density at radius 3 is 2.47 bits per heavy atom. The van der Waals surface area contributed by atoms with Crippen LogP contribution in [-0.4, -0.2) is 50.7 Å². The fraction of sp³-hybridized carbons (Fsp3) is 0.417. The van der Waals surface area contributed by atoms with E-state index in [1.807, 2.05) is 0 Å². The zero-order valence-electron chi connectivity index (χ0n) is 18.7. The van der Waals surface area contributed by atoms with E-state index < -0.39 is 27.6 Å². The largest absolute Gasteiger partial charge is 0.352 e. The van der Waals surface area contributed by atoms with E-state index in [1.165, 1.54) is 4.31 Å². The molecule has 1 N–H and O–H groups in total. The molecule has 0 bridgehead atoms. The minimum Gasteiger partial charge on any atom is -0.352 e. The maximum Gasteiger partial charge on any atom is 0.254 e. The van der Waals surface area contributed by atoms with Gasteiger partial charge < -0.3 is 10.2 Å². The maximum absolute atomic E-state index is 13.7. The van der Waals surface area contributed by atoms with Crippen LogP contribution in [0.15, 0.2) is 41.3 Å². The molecule has 2 aliphatic heterocycles. The van der Waals surface area contributed by atoms with Crippen LogP contribution in [-0.2, 0) is 21.2 Å². The smallest absolute Gasteiger partial charge is 0.254 e. The van der Waals surface area contributed by atoms with Crippen LogP contribution >= 0.6 is 0 Å². The van der Waals surface area contributed by atoms with Crippen molar-refractivity contribution in [2.75, 3.05) is 31.1 Å². The van der Waals surface area contributed by atoms with E-state index >= 15 is 0 Å². The van der Waals surface area contributed by atoms with Gasteiger partial charge in [0.25, 0.3) is 5.91 Å². The fourth-order valence-electron chi connectivity index (χ4n) is 4.40. The minimum absolute atomic E-state index is 0.132. The lowest BCUT2D eigenvalue weighted by Crippen LogP contribution is -2.35. The molecule has 0 spiro atoms. The number of amides is 2. The molecule has 1 fully saturated rings. The summed E-state index contributed by atoms with van der Waals surface area (Å²) in [4.78, 5) is 26.7. The van der Waals surface area contributed by atoms with Crippen molar-refractivity contribution >= 4 is 27.5 Å². The van der Waals surface area contributed by atoms with Gasteiger partial charge in [0, 0.05) is 44.4 Å². The van der Waals surface area contributed by atoms with E-state index in [0.717, 1.165) is 37.0 Å². The normalized spacial score (nSPS) is 16.4. The summed E-state index contributed by atoms with van der Waals surface area (Å²) in [5, 5.41) is 2.54. The van der Waals surface area contributed by atoms with Gasteiger partial charge in [-0.25, -0.2) is 17.2 Å². The van der Waals surface area contributed by atoms with Crippen LogP contribution in [0.1, 0.15) is 48.0 Å². The highest BCUT2D eigenvalue weighted by molar-refractivity contribution is 7.89. The Bertz CT molecular complexity index is 1200. The van der Waals surface area contributed by atoms with Crippen LogP contribution in [0.25, 0.3) is 0 Å². The standard InChI is InChI=1S/C24H27F2N3O4S/c25-18-6-8-20(21(26)16-18)24(31)27-11-4-5-23(30)29-14-10-17-15-19(7-9-22(17)29)34(32,33)28-12-2-1-3-13-28/h6-9,15-16H,1-5,10-14H2,(H,27,31). The Morgan fingerprint density at radius 2 is 1.74 bits per heavy atom. The number of hydrogen-bond donors (Lipinski definition) is 1. The number of carbonyl (C=O) groups is 2. The third kappa shape index (κ3) is 5.12. The Hall–Kier alpha value is -2.85. The molecule has 0 unspecified atom stereocenters. The molecule has 2 amide bonds. The lowest BCUT2D eigenvalue weighted by molar-refractivity contribution is -0.118. The van der Waals surface area contributed by atoms with Crippen LogP contribution in [0, 0.1) is 11.6 Å². The zero-order chi connectivity index (χ0) is 24.3. The second-order valence-corrected chi connectivity index (χ2v) is 10.5. The predicted molar refractivity (Wildman–Crippen MR) is 123 cm³/mol. The zero-order valence-corrected chi connectivity index (χ0v) is 19.5. The molecule has 2 aromatic rings. The molecule has 10 heteroatoms. The lowest BCUT2D eigenvalue weighted by Gasteiger charge is -2.26. The Morgan fingerprint density at radius 1 is 0.971 bits per heavy atom. The number of nitrogens with one attached hydrogen (secondary N) is 1. The van der Waals surface area contributed by atoms with Crippen LogP contribution in [0.5, 0.6) is 0 Å². The lowest BCUT2D eigenvalue weighted by atomic mass is 10.1. The fourth-order valence-corrected chi connectivity index (χ4v) is 5.97. The SMILES string of the molecule is O=C(NCCCC(=O)N1CCc2cc(S(=O)(=O)N3CCCCC3)ccc21)c1ccc(F)cc1F. The van der Waals surface area contributed by atoms with E-state index in [9.17, 15) is 26.8 Å². The number of anilines is 1. The Kier molecular flexibility index (Phi) is 7.27. The topological polar surface area (TPSA) is 86.8 Å². The van der Waals surface area contributed by atoms with Gasteiger partial charge in [-0.2, -0.15) is 4.31 Å². The first-order valence-electron chi connectivity index (χ1n) is 11.4. The second-order valence-electron chi connectivity index (χ2n) is 8.53. The molecule has 0 atom stereocenters. The summed E-state index contributed by atoms with van der Waals surface area (Å²) in [5.41, 5.74) is 1.28. The van der Waals surface area contributed by atoms with Gasteiger partial charge in [-0.3, -0.25) is 9.59 Å². The molecular weight excluding hydrogens is 464 g/mol. The minimum atomic E-state index is -3.53. The maximum atomic E-state index is 13.7. The van der Waals surface area contributed by atoms with Crippen LogP contribution < -0.4 is 10.2 Å². The van der Waals surface area contributed by atoms with E-state index in [2.05, 4.69) is 5.32 Å². The van der Waals surface area contributed by atoms with Crippen molar-refractivity contribution in [3.8, 4) is 0 Å². The summed E-state index contributed by atoms with van der Waals surface area (Å²) in [7, 11) is -3.53. The van der Waals surface area contributed by atoms with Crippen molar-refractivity contribution in [3.63, 3.8) is 0 Å². The molecule has 0 saturated carbocycles. The highest BCUT2D eigenvalue weighted by atomic mass is 32.2.